The van der Waals surface area contributed by atoms with Crippen molar-refractivity contribution in [3.63, 3.8) is 0 Å². The molecule has 1 aliphatic rings. The molecule has 0 spiro atoms. The molecule has 0 aromatic heterocycles. The number of nitro groups is 1. The van der Waals surface area contributed by atoms with Crippen molar-refractivity contribution < 1.29 is 9.72 Å². The Labute approximate surface area is 104 Å². The molecule has 1 aromatic rings. The zero-order valence-corrected chi connectivity index (χ0v) is 9.70. The number of Topliss-reactive ketones (excluding diaryl/α,β-unsaturated/α-hetero) is 1. The summed E-state index contributed by atoms with van der Waals surface area (Å²) in [6.45, 7) is 0. The number of nitrogens with zero attached hydrogens (tertiary/aromatic N) is 2. The van der Waals surface area contributed by atoms with Gasteiger partial charge in [-0.05, 0) is 17.7 Å². The highest BCUT2D eigenvalue weighted by molar-refractivity contribution is 5.80. The van der Waals surface area contributed by atoms with Crippen LogP contribution >= 0.6 is 0 Å². The third kappa shape index (κ3) is 2.38. The number of hydrogen-bond donors (Lipinski definition) is 0. The fourth-order valence-electron chi connectivity index (χ4n) is 2.39. The molecule has 0 unspecified atom stereocenters. The van der Waals surface area contributed by atoms with Gasteiger partial charge in [0.05, 0.1) is 17.6 Å². The number of benzene rings is 1. The molecule has 0 aliphatic heterocycles. The molecule has 0 bridgehead atoms. The van der Waals surface area contributed by atoms with E-state index in [1.165, 1.54) is 0 Å². The molecular weight excluding hydrogens is 232 g/mol. The van der Waals surface area contributed by atoms with E-state index in [1.807, 2.05) is 6.07 Å². The second-order valence-corrected chi connectivity index (χ2v) is 4.47. The van der Waals surface area contributed by atoms with E-state index in [9.17, 15) is 14.9 Å². The molecule has 0 N–H and O–H groups in total. The van der Waals surface area contributed by atoms with Crippen LogP contribution in [0.1, 0.15) is 36.3 Å². The van der Waals surface area contributed by atoms with Crippen molar-refractivity contribution in [2.24, 2.45) is 0 Å². The van der Waals surface area contributed by atoms with E-state index in [1.54, 1.807) is 24.3 Å². The van der Waals surface area contributed by atoms with Crippen LogP contribution in [0.25, 0.3) is 0 Å². The molecule has 0 amide bonds. The summed E-state index contributed by atoms with van der Waals surface area (Å²) in [6.07, 6.45) is 0.812. The van der Waals surface area contributed by atoms with Gasteiger partial charge in [-0.3, -0.25) is 14.9 Å². The van der Waals surface area contributed by atoms with Crippen molar-refractivity contribution in [2.45, 2.75) is 31.2 Å². The minimum Gasteiger partial charge on any atom is -0.300 e. The van der Waals surface area contributed by atoms with Crippen LogP contribution in [0, 0.1) is 21.4 Å². The zero-order chi connectivity index (χ0) is 13.1. The van der Waals surface area contributed by atoms with Crippen LogP contribution in [0.15, 0.2) is 24.3 Å². The van der Waals surface area contributed by atoms with Gasteiger partial charge in [-0.2, -0.15) is 5.26 Å². The van der Waals surface area contributed by atoms with Crippen LogP contribution in [-0.2, 0) is 4.79 Å². The largest absolute Gasteiger partial charge is 0.300 e. The number of hydrogen-bond acceptors (Lipinski definition) is 4. The second kappa shape index (κ2) is 4.96. The van der Waals surface area contributed by atoms with Gasteiger partial charge in [0.2, 0.25) is 6.04 Å². The normalized spacial score (nSPS) is 23.4. The Morgan fingerprint density at radius 3 is 2.56 bits per heavy atom. The Kier molecular flexibility index (Phi) is 3.38. The Balaban J connectivity index is 2.29. The first-order valence-corrected chi connectivity index (χ1v) is 5.77. The molecule has 1 saturated carbocycles. The maximum Gasteiger partial charge on any atom is 0.220 e. The summed E-state index contributed by atoms with van der Waals surface area (Å²) in [5.74, 6) is -0.295. The van der Waals surface area contributed by atoms with Crippen molar-refractivity contribution in [1.29, 1.82) is 5.26 Å². The summed E-state index contributed by atoms with van der Waals surface area (Å²) < 4.78 is 0. The van der Waals surface area contributed by atoms with E-state index in [-0.39, 0.29) is 23.0 Å². The Morgan fingerprint density at radius 2 is 2.00 bits per heavy atom. The SMILES string of the molecule is N#Cc1ccc([C@@H]2CC(=O)CC[C@H]2[N+](=O)[O-])cc1. The maximum atomic E-state index is 11.5. The van der Waals surface area contributed by atoms with Crippen molar-refractivity contribution in [3.05, 3.63) is 45.5 Å². The molecule has 2 atom stereocenters. The summed E-state index contributed by atoms with van der Waals surface area (Å²) in [7, 11) is 0. The molecular formula is C13H12N2O3. The molecule has 0 heterocycles. The topological polar surface area (TPSA) is 84.0 Å². The predicted molar refractivity (Wildman–Crippen MR) is 63.5 cm³/mol. The molecule has 5 nitrogen and oxygen atoms in total. The first-order chi connectivity index (χ1) is 8.61. The monoisotopic (exact) mass is 244 g/mol. The Hall–Kier alpha value is -2.22. The van der Waals surface area contributed by atoms with Gasteiger partial charge >= 0.3 is 0 Å². The average Bonchev–Trinajstić information content (AvgIpc) is 2.38. The summed E-state index contributed by atoms with van der Waals surface area (Å²) >= 11 is 0. The van der Waals surface area contributed by atoms with Gasteiger partial charge in [0.25, 0.3) is 0 Å². The van der Waals surface area contributed by atoms with Crippen LogP contribution in [0.4, 0.5) is 0 Å². The van der Waals surface area contributed by atoms with Crippen LogP contribution in [0.5, 0.6) is 0 Å². The van der Waals surface area contributed by atoms with E-state index in [4.69, 9.17) is 5.26 Å². The first-order valence-electron chi connectivity index (χ1n) is 5.77. The number of carbonyl (C=O) groups is 1. The fourth-order valence-corrected chi connectivity index (χ4v) is 2.39. The lowest BCUT2D eigenvalue weighted by atomic mass is 9.79. The van der Waals surface area contributed by atoms with Crippen LogP contribution < -0.4 is 0 Å². The minimum atomic E-state index is -0.698. The number of ketones is 1. The van der Waals surface area contributed by atoms with Gasteiger partial charge in [0, 0.05) is 24.2 Å². The molecule has 18 heavy (non-hydrogen) atoms. The van der Waals surface area contributed by atoms with Gasteiger partial charge in [0.15, 0.2) is 0 Å². The Bertz CT molecular complexity index is 516. The van der Waals surface area contributed by atoms with E-state index >= 15 is 0 Å². The lowest BCUT2D eigenvalue weighted by molar-refractivity contribution is -0.528. The molecule has 5 heteroatoms. The summed E-state index contributed by atoms with van der Waals surface area (Å²) in [6, 6.07) is 7.97. The molecule has 0 saturated heterocycles. The van der Waals surface area contributed by atoms with E-state index in [0.29, 0.717) is 18.4 Å². The molecule has 0 radical (unpaired) electrons. The molecule has 92 valence electrons. The smallest absolute Gasteiger partial charge is 0.220 e. The third-order valence-electron chi connectivity index (χ3n) is 3.37. The Morgan fingerprint density at radius 1 is 1.33 bits per heavy atom. The number of rotatable bonds is 2. The standard InChI is InChI=1S/C13H12N2O3/c14-8-9-1-3-10(4-2-9)12-7-11(16)5-6-13(12)15(17)18/h1-4,12-13H,5-7H2/t12-,13+/m0/s1. The van der Waals surface area contributed by atoms with Crippen LogP contribution in [0.3, 0.4) is 0 Å². The lowest BCUT2D eigenvalue weighted by Crippen LogP contribution is -2.33. The van der Waals surface area contributed by atoms with Crippen molar-refractivity contribution >= 4 is 5.78 Å². The number of nitriles is 1. The van der Waals surface area contributed by atoms with Gasteiger partial charge in [-0.15, -0.1) is 0 Å². The number of carbonyl (C=O) groups excluding carboxylic acids is 1. The van der Waals surface area contributed by atoms with Gasteiger partial charge < -0.3 is 0 Å². The molecule has 2 rings (SSSR count). The van der Waals surface area contributed by atoms with E-state index < -0.39 is 6.04 Å². The van der Waals surface area contributed by atoms with Crippen molar-refractivity contribution in [2.75, 3.05) is 0 Å². The lowest BCUT2D eigenvalue weighted by Gasteiger charge is -2.24. The van der Waals surface area contributed by atoms with Gasteiger partial charge in [0.1, 0.15) is 5.78 Å². The minimum absolute atomic E-state index is 0.0717. The van der Waals surface area contributed by atoms with E-state index in [0.717, 1.165) is 5.56 Å². The average molecular weight is 244 g/mol. The highest BCUT2D eigenvalue weighted by Gasteiger charge is 2.38. The zero-order valence-electron chi connectivity index (χ0n) is 9.70. The van der Waals surface area contributed by atoms with Gasteiger partial charge in [-0.1, -0.05) is 12.1 Å². The van der Waals surface area contributed by atoms with Gasteiger partial charge in [-0.25, -0.2) is 0 Å². The fraction of sp³-hybridized carbons (Fsp3) is 0.385. The summed E-state index contributed by atoms with van der Waals surface area (Å²) in [4.78, 5) is 22.2. The van der Waals surface area contributed by atoms with Crippen molar-refractivity contribution in [1.82, 2.24) is 0 Å². The third-order valence-corrected chi connectivity index (χ3v) is 3.37. The highest BCUT2D eigenvalue weighted by Crippen LogP contribution is 2.33. The quantitative estimate of drug-likeness (QED) is 0.588. The predicted octanol–water partition coefficient (Wildman–Crippen LogP) is 2.04. The second-order valence-electron chi connectivity index (χ2n) is 4.47. The summed E-state index contributed by atoms with van der Waals surface area (Å²) in [5.41, 5.74) is 1.28. The van der Waals surface area contributed by atoms with Crippen molar-refractivity contribution in [3.8, 4) is 6.07 Å². The molecule has 1 fully saturated rings. The van der Waals surface area contributed by atoms with E-state index in [2.05, 4.69) is 0 Å². The molecule has 1 aromatic carbocycles. The first kappa shape index (κ1) is 12.2. The van der Waals surface area contributed by atoms with Crippen LogP contribution in [-0.4, -0.2) is 16.7 Å². The summed E-state index contributed by atoms with van der Waals surface area (Å²) in [5, 5.41) is 19.7. The highest BCUT2D eigenvalue weighted by atomic mass is 16.6. The maximum absolute atomic E-state index is 11.5. The van der Waals surface area contributed by atoms with Crippen LogP contribution in [0.2, 0.25) is 0 Å². The molecule has 1 aliphatic carbocycles.